The molecule has 0 aliphatic rings. The van der Waals surface area contributed by atoms with Crippen LogP contribution in [-0.2, 0) is 0 Å². The van der Waals surface area contributed by atoms with E-state index in [0.29, 0.717) is 0 Å². The summed E-state index contributed by atoms with van der Waals surface area (Å²) in [5.74, 6) is 0. The molecule has 0 rings (SSSR count). The van der Waals surface area contributed by atoms with Crippen LogP contribution < -0.4 is 0 Å². The maximum Gasteiger partial charge on any atom is -0.0351 e. The topological polar surface area (TPSA) is 0 Å². The zero-order valence-corrected chi connectivity index (χ0v) is 19.4. The molecule has 0 heteroatoms. The zero-order chi connectivity index (χ0) is 19.7. The molecule has 0 fully saturated rings. The lowest BCUT2D eigenvalue weighted by atomic mass is 10.0. The van der Waals surface area contributed by atoms with Crippen molar-refractivity contribution in [3.63, 3.8) is 0 Å². The highest BCUT2D eigenvalue weighted by Gasteiger charge is 1.94. The first-order valence-corrected chi connectivity index (χ1v) is 13.1. The molecular weight excluding hydrogens is 324 g/mol. The summed E-state index contributed by atoms with van der Waals surface area (Å²) < 4.78 is 0. The molecule has 0 aromatic heterocycles. The summed E-state index contributed by atoms with van der Waals surface area (Å²) in [6, 6.07) is 0. The smallest absolute Gasteiger partial charge is 0.0351 e. The van der Waals surface area contributed by atoms with E-state index < -0.39 is 0 Å². The third kappa shape index (κ3) is 25.7. The minimum absolute atomic E-state index is 1.30. The molecule has 0 spiro atoms. The Balaban J connectivity index is 3.02. The van der Waals surface area contributed by atoms with Crippen molar-refractivity contribution in [2.24, 2.45) is 0 Å². The van der Waals surface area contributed by atoms with Gasteiger partial charge in [0.25, 0.3) is 0 Å². The minimum Gasteiger partial charge on any atom is -0.0885 e. The SMILES string of the molecule is CCCCCC/C=C\CCCCCCCCCCCCCCCCCCC. The van der Waals surface area contributed by atoms with Crippen molar-refractivity contribution in [1.29, 1.82) is 0 Å². The molecule has 0 aliphatic carbocycles. The maximum atomic E-state index is 2.43. The lowest BCUT2D eigenvalue weighted by Gasteiger charge is -2.03. The van der Waals surface area contributed by atoms with Gasteiger partial charge in [0, 0.05) is 0 Å². The predicted molar refractivity (Wildman–Crippen MR) is 127 cm³/mol. The molecule has 0 unspecified atom stereocenters. The van der Waals surface area contributed by atoms with Crippen LogP contribution in [0.25, 0.3) is 0 Å². The summed E-state index contributed by atoms with van der Waals surface area (Å²) in [4.78, 5) is 0. The highest BCUT2D eigenvalue weighted by molar-refractivity contribution is 4.81. The fourth-order valence-corrected chi connectivity index (χ4v) is 3.91. The summed E-state index contributed by atoms with van der Waals surface area (Å²) in [5.41, 5.74) is 0. The highest BCUT2D eigenvalue weighted by Crippen LogP contribution is 2.14. The molecule has 0 amide bonds. The molecule has 162 valence electrons. The molecule has 0 aromatic rings. The van der Waals surface area contributed by atoms with E-state index in [1.165, 1.54) is 148 Å². The van der Waals surface area contributed by atoms with E-state index in [-0.39, 0.29) is 0 Å². The van der Waals surface area contributed by atoms with E-state index in [2.05, 4.69) is 26.0 Å². The zero-order valence-electron chi connectivity index (χ0n) is 19.4. The lowest BCUT2D eigenvalue weighted by Crippen LogP contribution is -1.83. The number of rotatable bonds is 23. The lowest BCUT2D eigenvalue weighted by molar-refractivity contribution is 0.527. The number of unbranched alkanes of at least 4 members (excludes halogenated alkanes) is 21. The first kappa shape index (κ1) is 26.7. The second-order valence-corrected chi connectivity index (χ2v) is 8.77. The predicted octanol–water partition coefficient (Wildman–Crippen LogP) is 10.6. The monoisotopic (exact) mass is 378 g/mol. The Hall–Kier alpha value is -0.260. The molecule has 0 nitrogen and oxygen atoms in total. The summed E-state index contributed by atoms with van der Waals surface area (Å²) in [7, 11) is 0. The quantitative estimate of drug-likeness (QED) is 0.122. The average molecular weight is 379 g/mol. The fourth-order valence-electron chi connectivity index (χ4n) is 3.91. The van der Waals surface area contributed by atoms with Gasteiger partial charge in [0.05, 0.1) is 0 Å². The van der Waals surface area contributed by atoms with Gasteiger partial charge in [-0.25, -0.2) is 0 Å². The van der Waals surface area contributed by atoms with E-state index in [4.69, 9.17) is 0 Å². The van der Waals surface area contributed by atoms with Crippen molar-refractivity contribution in [3.05, 3.63) is 12.2 Å². The maximum absolute atomic E-state index is 2.43. The van der Waals surface area contributed by atoms with Crippen molar-refractivity contribution in [1.82, 2.24) is 0 Å². The van der Waals surface area contributed by atoms with Crippen molar-refractivity contribution in [2.75, 3.05) is 0 Å². The van der Waals surface area contributed by atoms with Gasteiger partial charge in [-0.3, -0.25) is 0 Å². The van der Waals surface area contributed by atoms with Crippen molar-refractivity contribution < 1.29 is 0 Å². The van der Waals surface area contributed by atoms with E-state index in [0.717, 1.165) is 0 Å². The van der Waals surface area contributed by atoms with E-state index >= 15 is 0 Å². The van der Waals surface area contributed by atoms with Gasteiger partial charge in [0.2, 0.25) is 0 Å². The van der Waals surface area contributed by atoms with E-state index in [9.17, 15) is 0 Å². The minimum atomic E-state index is 1.30. The van der Waals surface area contributed by atoms with Crippen LogP contribution in [0.5, 0.6) is 0 Å². The van der Waals surface area contributed by atoms with Crippen molar-refractivity contribution in [3.8, 4) is 0 Å². The van der Waals surface area contributed by atoms with Gasteiger partial charge < -0.3 is 0 Å². The van der Waals surface area contributed by atoms with Crippen LogP contribution in [0.1, 0.15) is 162 Å². The van der Waals surface area contributed by atoms with Crippen LogP contribution in [0.15, 0.2) is 12.2 Å². The van der Waals surface area contributed by atoms with Crippen LogP contribution in [-0.4, -0.2) is 0 Å². The molecule has 0 heterocycles. The Morgan fingerprint density at radius 3 is 0.815 bits per heavy atom. The first-order valence-electron chi connectivity index (χ1n) is 13.1. The van der Waals surface area contributed by atoms with Crippen LogP contribution in [0, 0.1) is 0 Å². The van der Waals surface area contributed by atoms with Crippen LogP contribution >= 0.6 is 0 Å². The van der Waals surface area contributed by atoms with Gasteiger partial charge in [0.1, 0.15) is 0 Å². The molecule has 0 saturated carbocycles. The fraction of sp³-hybridized carbons (Fsp3) is 0.926. The standard InChI is InChI=1S/C27H54/c1-3-5-7-9-11-13-15-17-19-21-23-25-27-26-24-22-20-18-16-14-12-10-8-6-4-2/h13,15H,3-12,14,16-27H2,1-2H3/b15-13-. The number of allylic oxidation sites excluding steroid dienone is 2. The number of hydrogen-bond acceptors (Lipinski definition) is 0. The average Bonchev–Trinajstić information content (AvgIpc) is 2.68. The van der Waals surface area contributed by atoms with Crippen LogP contribution in [0.3, 0.4) is 0 Å². The van der Waals surface area contributed by atoms with Gasteiger partial charge in [-0.2, -0.15) is 0 Å². The molecular formula is C27H54. The van der Waals surface area contributed by atoms with E-state index in [1.807, 2.05) is 0 Å². The summed E-state index contributed by atoms with van der Waals surface area (Å²) in [6.45, 7) is 4.59. The van der Waals surface area contributed by atoms with Crippen molar-refractivity contribution >= 4 is 0 Å². The summed E-state index contributed by atoms with van der Waals surface area (Å²) >= 11 is 0. The molecule has 0 aromatic carbocycles. The Kier molecular flexibility index (Phi) is 25.5. The van der Waals surface area contributed by atoms with E-state index in [1.54, 1.807) is 0 Å². The van der Waals surface area contributed by atoms with Gasteiger partial charge >= 0.3 is 0 Å². The van der Waals surface area contributed by atoms with Gasteiger partial charge in [-0.1, -0.05) is 148 Å². The van der Waals surface area contributed by atoms with Gasteiger partial charge in [-0.05, 0) is 25.7 Å². The Bertz CT molecular complexity index is 265. The summed E-state index contributed by atoms with van der Waals surface area (Å²) in [5, 5.41) is 0. The molecule has 0 bridgehead atoms. The normalized spacial score (nSPS) is 11.6. The third-order valence-electron chi connectivity index (χ3n) is 5.87. The molecule has 0 aliphatic heterocycles. The Labute approximate surface area is 174 Å². The van der Waals surface area contributed by atoms with Crippen LogP contribution in [0.4, 0.5) is 0 Å². The second kappa shape index (κ2) is 25.7. The summed E-state index contributed by atoms with van der Waals surface area (Å²) in [6.07, 6.45) is 37.9. The van der Waals surface area contributed by atoms with Crippen molar-refractivity contribution in [2.45, 2.75) is 162 Å². The largest absolute Gasteiger partial charge is 0.0885 e. The molecule has 0 saturated heterocycles. The molecule has 0 radical (unpaired) electrons. The molecule has 0 N–H and O–H groups in total. The molecule has 27 heavy (non-hydrogen) atoms. The molecule has 0 atom stereocenters. The second-order valence-electron chi connectivity index (χ2n) is 8.77. The number of hydrogen-bond donors (Lipinski definition) is 0. The van der Waals surface area contributed by atoms with Gasteiger partial charge in [0.15, 0.2) is 0 Å². The van der Waals surface area contributed by atoms with Crippen LogP contribution in [0.2, 0.25) is 0 Å². The third-order valence-corrected chi connectivity index (χ3v) is 5.87. The highest BCUT2D eigenvalue weighted by atomic mass is 14.0. The Morgan fingerprint density at radius 2 is 0.519 bits per heavy atom. The Morgan fingerprint density at radius 1 is 0.296 bits per heavy atom. The first-order chi connectivity index (χ1) is 13.4. The van der Waals surface area contributed by atoms with Gasteiger partial charge in [-0.15, -0.1) is 0 Å².